The Morgan fingerprint density at radius 2 is 2.39 bits per heavy atom. The van der Waals surface area contributed by atoms with Crippen molar-refractivity contribution in [2.75, 3.05) is 13.2 Å². The van der Waals surface area contributed by atoms with Gasteiger partial charge >= 0.3 is 0 Å². The molecule has 3 heteroatoms. The number of rotatable bonds is 2. The van der Waals surface area contributed by atoms with Crippen LogP contribution >= 0.6 is 11.3 Å². The molecule has 18 heavy (non-hydrogen) atoms. The molecule has 0 N–H and O–H groups in total. The maximum atomic E-state index is 5.86. The van der Waals surface area contributed by atoms with E-state index < -0.39 is 0 Å². The van der Waals surface area contributed by atoms with Crippen LogP contribution in [0.2, 0.25) is 0 Å². The van der Waals surface area contributed by atoms with Gasteiger partial charge in [0, 0.05) is 11.3 Å². The SMILES string of the molecule is C/C=C1\CCCC2=C1N(Cc1cccs1)CCO2. The van der Waals surface area contributed by atoms with Crippen molar-refractivity contribution in [3.05, 3.63) is 45.5 Å². The molecule has 96 valence electrons. The van der Waals surface area contributed by atoms with Gasteiger partial charge in [0.2, 0.25) is 0 Å². The third-order valence-electron chi connectivity index (χ3n) is 3.65. The summed E-state index contributed by atoms with van der Waals surface area (Å²) >= 11 is 1.84. The van der Waals surface area contributed by atoms with Crippen LogP contribution < -0.4 is 0 Å². The fourth-order valence-electron chi connectivity index (χ4n) is 2.80. The molecule has 0 atom stereocenters. The van der Waals surface area contributed by atoms with E-state index in [4.69, 9.17) is 4.74 Å². The highest BCUT2D eigenvalue weighted by molar-refractivity contribution is 7.09. The third-order valence-corrected chi connectivity index (χ3v) is 4.51. The second-order valence-corrected chi connectivity index (χ2v) is 5.82. The third kappa shape index (κ3) is 2.19. The monoisotopic (exact) mass is 261 g/mol. The predicted molar refractivity (Wildman–Crippen MR) is 75.3 cm³/mol. The first-order chi connectivity index (χ1) is 8.88. The molecule has 0 saturated heterocycles. The second-order valence-electron chi connectivity index (χ2n) is 4.79. The van der Waals surface area contributed by atoms with Gasteiger partial charge in [-0.15, -0.1) is 11.3 Å². The zero-order valence-electron chi connectivity index (χ0n) is 10.8. The molecule has 0 unspecified atom stereocenters. The molecule has 0 fully saturated rings. The molecule has 1 aromatic rings. The zero-order valence-corrected chi connectivity index (χ0v) is 11.6. The zero-order chi connectivity index (χ0) is 12.4. The van der Waals surface area contributed by atoms with Crippen molar-refractivity contribution >= 4 is 11.3 Å². The Kier molecular flexibility index (Phi) is 3.41. The number of nitrogens with zero attached hydrogens (tertiary/aromatic N) is 1. The fraction of sp³-hybridized carbons (Fsp3) is 0.467. The summed E-state index contributed by atoms with van der Waals surface area (Å²) in [6, 6.07) is 4.35. The van der Waals surface area contributed by atoms with Crippen LogP contribution in [0, 0.1) is 0 Å². The summed E-state index contributed by atoms with van der Waals surface area (Å²) in [5.41, 5.74) is 2.84. The standard InChI is InChI=1S/C15H19NOS/c1-2-12-5-3-7-14-15(12)16(8-9-17-14)11-13-6-4-10-18-13/h2,4,6,10H,3,5,7-9,11H2,1H3/b12-2+. The van der Waals surface area contributed by atoms with Crippen molar-refractivity contribution in [3.63, 3.8) is 0 Å². The van der Waals surface area contributed by atoms with Crippen LogP contribution in [-0.4, -0.2) is 18.1 Å². The van der Waals surface area contributed by atoms with Gasteiger partial charge in [0.1, 0.15) is 12.4 Å². The summed E-state index contributed by atoms with van der Waals surface area (Å²) in [5.74, 6) is 1.22. The van der Waals surface area contributed by atoms with Crippen LogP contribution in [0.3, 0.4) is 0 Å². The van der Waals surface area contributed by atoms with Gasteiger partial charge in [-0.1, -0.05) is 12.1 Å². The Balaban J connectivity index is 1.89. The van der Waals surface area contributed by atoms with E-state index in [1.54, 1.807) is 0 Å². The smallest absolute Gasteiger partial charge is 0.120 e. The topological polar surface area (TPSA) is 12.5 Å². The van der Waals surface area contributed by atoms with Crippen LogP contribution in [0.4, 0.5) is 0 Å². The molecule has 0 aromatic carbocycles. The Labute approximate surface area is 113 Å². The lowest BCUT2D eigenvalue weighted by atomic mass is 9.94. The van der Waals surface area contributed by atoms with Gasteiger partial charge in [0.15, 0.2) is 0 Å². The minimum atomic E-state index is 0.835. The fourth-order valence-corrected chi connectivity index (χ4v) is 3.52. The quantitative estimate of drug-likeness (QED) is 0.800. The van der Waals surface area contributed by atoms with Gasteiger partial charge in [-0.3, -0.25) is 0 Å². The number of hydrogen-bond donors (Lipinski definition) is 0. The summed E-state index contributed by atoms with van der Waals surface area (Å²) in [6.45, 7) is 5.01. The summed E-state index contributed by atoms with van der Waals surface area (Å²) in [4.78, 5) is 3.93. The number of thiophene rings is 1. The van der Waals surface area contributed by atoms with Gasteiger partial charge in [0.25, 0.3) is 0 Å². The lowest BCUT2D eigenvalue weighted by Gasteiger charge is -2.37. The Hall–Kier alpha value is -1.22. The molecule has 2 heterocycles. The van der Waals surface area contributed by atoms with E-state index in [0.29, 0.717) is 0 Å². The lowest BCUT2D eigenvalue weighted by Crippen LogP contribution is -2.34. The largest absolute Gasteiger partial charge is 0.494 e. The molecule has 0 bridgehead atoms. The van der Waals surface area contributed by atoms with Crippen LogP contribution in [0.15, 0.2) is 40.6 Å². The van der Waals surface area contributed by atoms with E-state index in [9.17, 15) is 0 Å². The molecule has 0 radical (unpaired) electrons. The summed E-state index contributed by atoms with van der Waals surface area (Å²) in [6.07, 6.45) is 5.78. The normalized spacial score (nSPS) is 22.1. The van der Waals surface area contributed by atoms with Crippen molar-refractivity contribution in [2.24, 2.45) is 0 Å². The molecular weight excluding hydrogens is 242 g/mol. The van der Waals surface area contributed by atoms with Crippen LogP contribution in [0.5, 0.6) is 0 Å². The molecule has 2 nitrogen and oxygen atoms in total. The summed E-state index contributed by atoms with van der Waals surface area (Å²) in [7, 11) is 0. The number of ether oxygens (including phenoxy) is 1. The van der Waals surface area contributed by atoms with E-state index in [-0.39, 0.29) is 0 Å². The number of hydrogen-bond acceptors (Lipinski definition) is 3. The molecule has 0 spiro atoms. The van der Waals surface area contributed by atoms with E-state index in [2.05, 4.69) is 35.4 Å². The minimum Gasteiger partial charge on any atom is -0.494 e. The van der Waals surface area contributed by atoms with Crippen molar-refractivity contribution < 1.29 is 4.74 Å². The molecule has 0 amide bonds. The Morgan fingerprint density at radius 1 is 1.44 bits per heavy atom. The van der Waals surface area contributed by atoms with Crippen LogP contribution in [0.25, 0.3) is 0 Å². The molecule has 1 aromatic heterocycles. The van der Waals surface area contributed by atoms with Crippen molar-refractivity contribution in [2.45, 2.75) is 32.7 Å². The highest BCUT2D eigenvalue weighted by Gasteiger charge is 2.27. The Morgan fingerprint density at radius 3 is 3.17 bits per heavy atom. The van der Waals surface area contributed by atoms with Crippen molar-refractivity contribution in [3.8, 4) is 0 Å². The van der Waals surface area contributed by atoms with Gasteiger partial charge in [-0.05, 0) is 36.8 Å². The van der Waals surface area contributed by atoms with Gasteiger partial charge < -0.3 is 9.64 Å². The number of allylic oxidation sites excluding steroid dienone is 3. The first kappa shape index (κ1) is 11.8. The first-order valence-electron chi connectivity index (χ1n) is 6.67. The molecule has 0 saturated carbocycles. The molecular formula is C15H19NOS. The van der Waals surface area contributed by atoms with Crippen molar-refractivity contribution in [1.29, 1.82) is 0 Å². The highest BCUT2D eigenvalue weighted by atomic mass is 32.1. The molecule has 2 aliphatic rings. The first-order valence-corrected chi connectivity index (χ1v) is 7.55. The van der Waals surface area contributed by atoms with Gasteiger partial charge in [-0.25, -0.2) is 0 Å². The van der Waals surface area contributed by atoms with E-state index in [0.717, 1.165) is 26.1 Å². The average molecular weight is 261 g/mol. The van der Waals surface area contributed by atoms with Gasteiger partial charge in [-0.2, -0.15) is 0 Å². The minimum absolute atomic E-state index is 0.835. The van der Waals surface area contributed by atoms with Gasteiger partial charge in [0.05, 0.1) is 18.8 Å². The predicted octanol–water partition coefficient (Wildman–Crippen LogP) is 3.92. The van der Waals surface area contributed by atoms with E-state index in [1.165, 1.54) is 34.7 Å². The average Bonchev–Trinajstić information content (AvgIpc) is 2.91. The second kappa shape index (κ2) is 5.19. The maximum Gasteiger partial charge on any atom is 0.120 e. The summed E-state index contributed by atoms with van der Waals surface area (Å²) in [5, 5.41) is 2.16. The van der Waals surface area contributed by atoms with E-state index in [1.807, 2.05) is 11.3 Å². The van der Waals surface area contributed by atoms with Crippen LogP contribution in [-0.2, 0) is 11.3 Å². The molecule has 1 aliphatic heterocycles. The molecule has 1 aliphatic carbocycles. The highest BCUT2D eigenvalue weighted by Crippen LogP contribution is 2.35. The van der Waals surface area contributed by atoms with Crippen molar-refractivity contribution in [1.82, 2.24) is 4.90 Å². The lowest BCUT2D eigenvalue weighted by molar-refractivity contribution is 0.116. The Bertz CT molecular complexity index is 469. The molecule has 3 rings (SSSR count). The maximum absolute atomic E-state index is 5.86. The van der Waals surface area contributed by atoms with E-state index >= 15 is 0 Å². The van der Waals surface area contributed by atoms with Crippen LogP contribution in [0.1, 0.15) is 31.1 Å². The summed E-state index contributed by atoms with van der Waals surface area (Å²) < 4.78 is 5.86.